The number of nitrogens with one attached hydrogen (secondary N) is 1. The van der Waals surface area contributed by atoms with E-state index in [0.29, 0.717) is 12.4 Å². The zero-order chi connectivity index (χ0) is 16.9. The average Bonchev–Trinajstić information content (AvgIpc) is 3.15. The van der Waals surface area contributed by atoms with E-state index in [1.54, 1.807) is 34.4 Å². The molecule has 0 saturated heterocycles. The Morgan fingerprint density at radius 1 is 1.42 bits per heavy atom. The minimum absolute atomic E-state index is 0.211. The highest BCUT2D eigenvalue weighted by molar-refractivity contribution is 9.10. The number of hydrogen-bond acceptors (Lipinski definition) is 4. The van der Waals surface area contributed by atoms with Crippen molar-refractivity contribution in [3.8, 4) is 0 Å². The zero-order valence-corrected chi connectivity index (χ0v) is 15.3. The number of aromatic nitrogens is 3. The topological polar surface area (TPSA) is 59.8 Å². The fourth-order valence-corrected chi connectivity index (χ4v) is 3.19. The van der Waals surface area contributed by atoms with Gasteiger partial charge < -0.3 is 5.32 Å². The number of thiazole rings is 1. The maximum atomic E-state index is 12.1. The van der Waals surface area contributed by atoms with Gasteiger partial charge in [0.2, 0.25) is 5.91 Å². The summed E-state index contributed by atoms with van der Waals surface area (Å²) < 4.78 is 2.76. The molecule has 0 aliphatic carbocycles. The van der Waals surface area contributed by atoms with Crippen molar-refractivity contribution in [2.75, 3.05) is 5.32 Å². The molecule has 0 spiro atoms. The van der Waals surface area contributed by atoms with Gasteiger partial charge in [0.15, 0.2) is 0 Å². The Kier molecular flexibility index (Phi) is 5.22. The summed E-state index contributed by atoms with van der Waals surface area (Å²) in [6.07, 6.45) is 4.85. The molecule has 1 N–H and O–H groups in total. The largest absolute Gasteiger partial charge is 0.307 e. The van der Waals surface area contributed by atoms with Crippen molar-refractivity contribution in [1.82, 2.24) is 14.8 Å². The van der Waals surface area contributed by atoms with Crippen molar-refractivity contribution < 1.29 is 4.79 Å². The predicted molar refractivity (Wildman–Crippen MR) is 100.0 cm³/mol. The lowest BCUT2D eigenvalue weighted by Crippen LogP contribution is -2.13. The molecule has 0 atom stereocenters. The van der Waals surface area contributed by atoms with E-state index in [2.05, 4.69) is 31.3 Å². The van der Waals surface area contributed by atoms with E-state index in [1.807, 2.05) is 36.6 Å². The predicted octanol–water partition coefficient (Wildman–Crippen LogP) is 4.11. The number of rotatable bonds is 5. The number of hydrogen-bond donors (Lipinski definition) is 1. The molecule has 24 heavy (non-hydrogen) atoms. The van der Waals surface area contributed by atoms with Crippen LogP contribution >= 0.6 is 27.3 Å². The van der Waals surface area contributed by atoms with E-state index in [0.717, 1.165) is 20.7 Å². The van der Waals surface area contributed by atoms with Gasteiger partial charge in [-0.05, 0) is 30.7 Å². The van der Waals surface area contributed by atoms with Crippen LogP contribution in [0.3, 0.4) is 0 Å². The van der Waals surface area contributed by atoms with E-state index in [-0.39, 0.29) is 5.91 Å². The van der Waals surface area contributed by atoms with Crippen LogP contribution in [0.4, 0.5) is 5.82 Å². The van der Waals surface area contributed by atoms with Crippen molar-refractivity contribution in [2.24, 2.45) is 0 Å². The third-order valence-electron chi connectivity index (χ3n) is 3.23. The molecule has 3 aromatic rings. The van der Waals surface area contributed by atoms with Crippen LogP contribution in [0.1, 0.15) is 16.3 Å². The molecule has 0 aliphatic heterocycles. The SMILES string of the molecule is Cc1nc(/C=C/C(=O)Nc2ccnn2Cc2cccc(Br)c2)cs1. The quantitative estimate of drug-likeness (QED) is 0.653. The molecule has 0 radical (unpaired) electrons. The highest BCUT2D eigenvalue weighted by atomic mass is 79.9. The van der Waals surface area contributed by atoms with Gasteiger partial charge in [0.1, 0.15) is 5.82 Å². The van der Waals surface area contributed by atoms with Crippen LogP contribution in [0.2, 0.25) is 0 Å². The van der Waals surface area contributed by atoms with Gasteiger partial charge in [0, 0.05) is 22.0 Å². The standard InChI is InChI=1S/C17H15BrN4OS/c1-12-20-15(11-24-12)5-6-17(23)21-16-7-8-19-22(16)10-13-3-2-4-14(18)9-13/h2-9,11H,10H2,1H3,(H,21,23)/b6-5+. The molecule has 7 heteroatoms. The van der Waals surface area contributed by atoms with Crippen LogP contribution in [0.5, 0.6) is 0 Å². The highest BCUT2D eigenvalue weighted by Gasteiger charge is 2.06. The summed E-state index contributed by atoms with van der Waals surface area (Å²) in [5.74, 6) is 0.440. The Labute approximate surface area is 152 Å². The molecule has 5 nitrogen and oxygen atoms in total. The molecule has 1 aromatic carbocycles. The zero-order valence-electron chi connectivity index (χ0n) is 12.9. The Morgan fingerprint density at radius 2 is 2.29 bits per heavy atom. The van der Waals surface area contributed by atoms with Crippen LogP contribution in [0.25, 0.3) is 6.08 Å². The van der Waals surface area contributed by atoms with Gasteiger partial charge in [0.25, 0.3) is 0 Å². The molecule has 0 fully saturated rings. The van der Waals surface area contributed by atoms with Crippen molar-refractivity contribution >= 4 is 45.1 Å². The average molecular weight is 403 g/mol. The second kappa shape index (κ2) is 7.55. The van der Waals surface area contributed by atoms with E-state index < -0.39 is 0 Å². The molecule has 2 aromatic heterocycles. The van der Waals surface area contributed by atoms with Gasteiger partial charge in [-0.15, -0.1) is 11.3 Å². The first kappa shape index (κ1) is 16.6. The van der Waals surface area contributed by atoms with Crippen molar-refractivity contribution in [3.63, 3.8) is 0 Å². The fraction of sp³-hybridized carbons (Fsp3) is 0.118. The van der Waals surface area contributed by atoms with Gasteiger partial charge in [-0.25, -0.2) is 9.67 Å². The molecule has 2 heterocycles. The highest BCUT2D eigenvalue weighted by Crippen LogP contribution is 2.15. The summed E-state index contributed by atoms with van der Waals surface area (Å²) in [7, 11) is 0. The monoisotopic (exact) mass is 402 g/mol. The number of nitrogens with zero attached hydrogens (tertiary/aromatic N) is 3. The minimum Gasteiger partial charge on any atom is -0.307 e. The molecule has 122 valence electrons. The molecular weight excluding hydrogens is 388 g/mol. The normalized spacial score (nSPS) is 11.1. The maximum absolute atomic E-state index is 12.1. The first-order valence-corrected chi connectivity index (χ1v) is 8.95. The molecule has 0 aliphatic rings. The summed E-state index contributed by atoms with van der Waals surface area (Å²) in [5.41, 5.74) is 1.88. The number of carbonyl (C=O) groups excluding carboxylic acids is 1. The minimum atomic E-state index is -0.211. The van der Waals surface area contributed by atoms with Crippen LogP contribution in [0.15, 0.2) is 52.5 Å². The Balaban J connectivity index is 1.66. The second-order valence-corrected chi connectivity index (χ2v) is 7.10. The molecular formula is C17H15BrN4OS. The third-order valence-corrected chi connectivity index (χ3v) is 4.52. The lowest BCUT2D eigenvalue weighted by Gasteiger charge is -2.08. The van der Waals surface area contributed by atoms with Crippen LogP contribution in [-0.2, 0) is 11.3 Å². The van der Waals surface area contributed by atoms with E-state index >= 15 is 0 Å². The van der Waals surface area contributed by atoms with E-state index in [4.69, 9.17) is 0 Å². The molecule has 0 bridgehead atoms. The first-order chi connectivity index (χ1) is 11.6. The molecule has 0 saturated carbocycles. The van der Waals surface area contributed by atoms with Gasteiger partial charge >= 0.3 is 0 Å². The van der Waals surface area contributed by atoms with Gasteiger partial charge in [-0.3, -0.25) is 4.79 Å². The van der Waals surface area contributed by atoms with Crippen molar-refractivity contribution in [2.45, 2.75) is 13.5 Å². The lowest BCUT2D eigenvalue weighted by molar-refractivity contribution is -0.111. The van der Waals surface area contributed by atoms with Gasteiger partial charge in [-0.2, -0.15) is 5.10 Å². The van der Waals surface area contributed by atoms with E-state index in [9.17, 15) is 4.79 Å². The van der Waals surface area contributed by atoms with Crippen molar-refractivity contribution in [3.05, 3.63) is 68.7 Å². The van der Waals surface area contributed by atoms with Crippen molar-refractivity contribution in [1.29, 1.82) is 0 Å². The summed E-state index contributed by atoms with van der Waals surface area (Å²) in [5, 5.41) is 10.00. The fourth-order valence-electron chi connectivity index (χ4n) is 2.16. The number of carbonyl (C=O) groups is 1. The van der Waals surface area contributed by atoms with Crippen LogP contribution in [-0.4, -0.2) is 20.7 Å². The molecule has 1 amide bonds. The Morgan fingerprint density at radius 3 is 3.04 bits per heavy atom. The number of amides is 1. The molecule has 0 unspecified atom stereocenters. The first-order valence-electron chi connectivity index (χ1n) is 7.27. The smallest absolute Gasteiger partial charge is 0.249 e. The van der Waals surface area contributed by atoms with Gasteiger partial charge in [0.05, 0.1) is 23.4 Å². The van der Waals surface area contributed by atoms with Crippen LogP contribution in [0, 0.1) is 6.92 Å². The Bertz CT molecular complexity index is 884. The van der Waals surface area contributed by atoms with Crippen LogP contribution < -0.4 is 5.32 Å². The second-order valence-electron chi connectivity index (χ2n) is 5.12. The summed E-state index contributed by atoms with van der Waals surface area (Å²) in [6, 6.07) is 9.76. The summed E-state index contributed by atoms with van der Waals surface area (Å²) >= 11 is 5.01. The number of aryl methyl sites for hydroxylation is 1. The number of anilines is 1. The number of halogens is 1. The third kappa shape index (κ3) is 4.39. The molecule has 3 rings (SSSR count). The maximum Gasteiger partial charge on any atom is 0.249 e. The lowest BCUT2D eigenvalue weighted by atomic mass is 10.2. The van der Waals surface area contributed by atoms with E-state index in [1.165, 1.54) is 6.08 Å². The Hall–Kier alpha value is -2.25. The summed E-state index contributed by atoms with van der Waals surface area (Å²) in [4.78, 5) is 16.4. The number of benzene rings is 1. The summed E-state index contributed by atoms with van der Waals surface area (Å²) in [6.45, 7) is 2.51. The van der Waals surface area contributed by atoms with Gasteiger partial charge in [-0.1, -0.05) is 28.1 Å².